The summed E-state index contributed by atoms with van der Waals surface area (Å²) in [5.74, 6) is 1.04. The fourth-order valence-corrected chi connectivity index (χ4v) is 2.72. The molecule has 1 aliphatic rings. The van der Waals surface area contributed by atoms with Gasteiger partial charge in [-0.2, -0.15) is 0 Å². The zero-order valence-electron chi connectivity index (χ0n) is 11.8. The molecule has 1 aromatic rings. The number of phenolic OH excluding ortho intramolecular Hbond substituents is 2. The molecule has 19 heavy (non-hydrogen) atoms. The Bertz CT molecular complexity index is 415. The predicted molar refractivity (Wildman–Crippen MR) is 76.4 cm³/mol. The van der Waals surface area contributed by atoms with Crippen molar-refractivity contribution in [3.63, 3.8) is 0 Å². The highest BCUT2D eigenvalue weighted by molar-refractivity contribution is 5.40. The average molecular weight is 264 g/mol. The first-order valence-corrected chi connectivity index (χ1v) is 7.04. The maximum atomic E-state index is 10.1. The van der Waals surface area contributed by atoms with E-state index in [0.717, 1.165) is 38.2 Å². The zero-order chi connectivity index (χ0) is 13.8. The molecule has 1 fully saturated rings. The Hall–Kier alpha value is -1.26. The molecule has 0 amide bonds. The number of nitrogens with one attached hydrogen (secondary N) is 1. The second-order valence-corrected chi connectivity index (χ2v) is 5.67. The maximum Gasteiger partial charge on any atom is 0.120 e. The Balaban J connectivity index is 2.27. The Kier molecular flexibility index (Phi) is 4.66. The van der Waals surface area contributed by atoms with Crippen molar-refractivity contribution in [2.45, 2.75) is 26.3 Å². The fourth-order valence-electron chi connectivity index (χ4n) is 2.72. The van der Waals surface area contributed by atoms with Gasteiger partial charge in [-0.15, -0.1) is 0 Å². The minimum Gasteiger partial charge on any atom is -0.508 e. The summed E-state index contributed by atoms with van der Waals surface area (Å²) in [6, 6.07) is 4.99. The molecule has 1 saturated heterocycles. The number of rotatable bonds is 4. The van der Waals surface area contributed by atoms with Crippen molar-refractivity contribution in [1.82, 2.24) is 10.2 Å². The van der Waals surface area contributed by atoms with Gasteiger partial charge in [0.15, 0.2) is 0 Å². The highest BCUT2D eigenvalue weighted by atomic mass is 16.3. The number of hydrogen-bond donors (Lipinski definition) is 3. The van der Waals surface area contributed by atoms with Crippen molar-refractivity contribution in [2.75, 3.05) is 26.2 Å². The smallest absolute Gasteiger partial charge is 0.120 e. The Morgan fingerprint density at radius 3 is 2.53 bits per heavy atom. The summed E-state index contributed by atoms with van der Waals surface area (Å²) < 4.78 is 0. The van der Waals surface area contributed by atoms with Crippen LogP contribution in [0.3, 0.4) is 0 Å². The summed E-state index contributed by atoms with van der Waals surface area (Å²) in [7, 11) is 0. The molecule has 2 rings (SSSR count). The molecule has 0 spiro atoms. The number of piperazine rings is 1. The Morgan fingerprint density at radius 2 is 1.89 bits per heavy atom. The molecule has 1 aromatic carbocycles. The van der Waals surface area contributed by atoms with Gasteiger partial charge in [0.25, 0.3) is 0 Å². The third-order valence-electron chi connectivity index (χ3n) is 3.66. The number of nitrogens with zero attached hydrogens (tertiary/aromatic N) is 1. The minimum absolute atomic E-state index is 0.175. The predicted octanol–water partition coefficient (Wildman–Crippen LogP) is 2.09. The third-order valence-corrected chi connectivity index (χ3v) is 3.66. The molecule has 1 aliphatic heterocycles. The lowest BCUT2D eigenvalue weighted by Gasteiger charge is -2.36. The van der Waals surface area contributed by atoms with E-state index in [2.05, 4.69) is 24.1 Å². The molecular weight excluding hydrogens is 240 g/mol. The van der Waals surface area contributed by atoms with Crippen molar-refractivity contribution in [3.8, 4) is 11.5 Å². The van der Waals surface area contributed by atoms with Crippen LogP contribution in [0.4, 0.5) is 0 Å². The largest absolute Gasteiger partial charge is 0.508 e. The lowest BCUT2D eigenvalue weighted by atomic mass is 9.94. The van der Waals surface area contributed by atoms with Crippen molar-refractivity contribution in [3.05, 3.63) is 23.8 Å². The maximum absolute atomic E-state index is 10.1. The van der Waals surface area contributed by atoms with Crippen LogP contribution in [-0.4, -0.2) is 41.3 Å². The first-order chi connectivity index (χ1) is 9.08. The molecule has 4 nitrogen and oxygen atoms in total. The van der Waals surface area contributed by atoms with Crippen LogP contribution in [-0.2, 0) is 0 Å². The molecule has 0 saturated carbocycles. The number of hydrogen-bond acceptors (Lipinski definition) is 4. The van der Waals surface area contributed by atoms with Gasteiger partial charge in [0, 0.05) is 37.8 Å². The van der Waals surface area contributed by atoms with Gasteiger partial charge in [0.2, 0.25) is 0 Å². The zero-order valence-corrected chi connectivity index (χ0v) is 11.8. The van der Waals surface area contributed by atoms with Crippen molar-refractivity contribution >= 4 is 0 Å². The fraction of sp³-hybridized carbons (Fsp3) is 0.600. The van der Waals surface area contributed by atoms with E-state index in [1.54, 1.807) is 12.1 Å². The molecule has 0 bridgehead atoms. The van der Waals surface area contributed by atoms with Crippen molar-refractivity contribution < 1.29 is 10.2 Å². The van der Waals surface area contributed by atoms with Crippen LogP contribution in [0.5, 0.6) is 11.5 Å². The van der Waals surface area contributed by atoms with Gasteiger partial charge in [0.05, 0.1) is 0 Å². The van der Waals surface area contributed by atoms with E-state index in [0.29, 0.717) is 5.92 Å². The summed E-state index contributed by atoms with van der Waals surface area (Å²) in [6.07, 6.45) is 0.983. The van der Waals surface area contributed by atoms with Gasteiger partial charge in [0.1, 0.15) is 11.5 Å². The topological polar surface area (TPSA) is 55.7 Å². The van der Waals surface area contributed by atoms with Crippen molar-refractivity contribution in [1.29, 1.82) is 0 Å². The van der Waals surface area contributed by atoms with Crippen LogP contribution in [0.25, 0.3) is 0 Å². The normalized spacial score (nSPS) is 18.7. The molecule has 106 valence electrons. The number of phenols is 2. The van der Waals surface area contributed by atoms with E-state index in [4.69, 9.17) is 0 Å². The average Bonchev–Trinajstić information content (AvgIpc) is 2.40. The van der Waals surface area contributed by atoms with E-state index >= 15 is 0 Å². The Labute approximate surface area is 115 Å². The van der Waals surface area contributed by atoms with Gasteiger partial charge < -0.3 is 15.5 Å². The molecule has 0 aliphatic carbocycles. The summed E-state index contributed by atoms with van der Waals surface area (Å²) in [4.78, 5) is 2.39. The molecule has 0 unspecified atom stereocenters. The van der Waals surface area contributed by atoms with Gasteiger partial charge in [-0.05, 0) is 30.5 Å². The highest BCUT2D eigenvalue weighted by Crippen LogP contribution is 2.35. The highest BCUT2D eigenvalue weighted by Gasteiger charge is 2.25. The lowest BCUT2D eigenvalue weighted by Crippen LogP contribution is -2.45. The molecule has 1 heterocycles. The molecule has 3 N–H and O–H groups in total. The van der Waals surface area contributed by atoms with E-state index in [9.17, 15) is 10.2 Å². The monoisotopic (exact) mass is 264 g/mol. The Morgan fingerprint density at radius 1 is 1.21 bits per heavy atom. The van der Waals surface area contributed by atoms with Crippen LogP contribution in [0, 0.1) is 5.92 Å². The van der Waals surface area contributed by atoms with Gasteiger partial charge in [-0.25, -0.2) is 0 Å². The van der Waals surface area contributed by atoms with Crippen molar-refractivity contribution in [2.24, 2.45) is 5.92 Å². The van der Waals surface area contributed by atoms with Gasteiger partial charge in [-0.1, -0.05) is 13.8 Å². The van der Waals surface area contributed by atoms with E-state index < -0.39 is 0 Å². The summed E-state index contributed by atoms with van der Waals surface area (Å²) in [5, 5.41) is 23.1. The first kappa shape index (κ1) is 14.2. The molecule has 0 radical (unpaired) electrons. The SMILES string of the molecule is CC(C)C[C@H](c1cc(O)ccc1O)N1CCNCC1. The number of benzene rings is 1. The summed E-state index contributed by atoms with van der Waals surface area (Å²) in [5.41, 5.74) is 0.843. The quantitative estimate of drug-likeness (QED) is 0.729. The molecule has 0 aromatic heterocycles. The third kappa shape index (κ3) is 3.61. The minimum atomic E-state index is 0.175. The van der Waals surface area contributed by atoms with Gasteiger partial charge >= 0.3 is 0 Å². The number of aromatic hydroxyl groups is 2. The molecule has 4 heteroatoms. The van der Waals surface area contributed by atoms with Crippen LogP contribution in [0.15, 0.2) is 18.2 Å². The first-order valence-electron chi connectivity index (χ1n) is 7.04. The van der Waals surface area contributed by atoms with Crippen LogP contribution in [0.2, 0.25) is 0 Å². The van der Waals surface area contributed by atoms with Crippen LogP contribution in [0.1, 0.15) is 31.9 Å². The van der Waals surface area contributed by atoms with Crippen LogP contribution >= 0.6 is 0 Å². The van der Waals surface area contributed by atoms with E-state index in [1.807, 2.05) is 0 Å². The second kappa shape index (κ2) is 6.26. The second-order valence-electron chi connectivity index (χ2n) is 5.67. The van der Waals surface area contributed by atoms with E-state index in [-0.39, 0.29) is 17.5 Å². The van der Waals surface area contributed by atoms with Crippen LogP contribution < -0.4 is 5.32 Å². The summed E-state index contributed by atoms with van der Waals surface area (Å²) in [6.45, 7) is 8.30. The van der Waals surface area contributed by atoms with Gasteiger partial charge in [-0.3, -0.25) is 4.90 Å². The molecule has 1 atom stereocenters. The lowest BCUT2D eigenvalue weighted by molar-refractivity contribution is 0.151. The molecular formula is C15H24N2O2. The summed E-state index contributed by atoms with van der Waals surface area (Å²) >= 11 is 0. The van der Waals surface area contributed by atoms with E-state index in [1.165, 1.54) is 6.07 Å². The standard InChI is InChI=1S/C15H24N2O2/c1-11(2)9-14(17-7-5-16-6-8-17)13-10-12(18)3-4-15(13)19/h3-4,10-11,14,16,18-19H,5-9H2,1-2H3/t14-/m1/s1.